The number of hydrogen-bond donors (Lipinski definition) is 1. The smallest absolute Gasteiger partial charge is 0.410 e. The first kappa shape index (κ1) is 28.4. The van der Waals surface area contributed by atoms with Crippen molar-refractivity contribution >= 4 is 35.1 Å². The van der Waals surface area contributed by atoms with E-state index >= 15 is 0 Å². The van der Waals surface area contributed by atoms with Crippen LogP contribution in [0.3, 0.4) is 0 Å². The Morgan fingerprint density at radius 3 is 2.41 bits per heavy atom. The lowest BCUT2D eigenvalue weighted by atomic mass is 9.92. The Hall–Kier alpha value is -3.58. The van der Waals surface area contributed by atoms with Crippen molar-refractivity contribution in [3.05, 3.63) is 58.3 Å². The number of pyridine rings is 1. The molecule has 4 rings (SSSR count). The molecule has 2 fully saturated rings. The van der Waals surface area contributed by atoms with Crippen LogP contribution in [0.2, 0.25) is 5.02 Å². The van der Waals surface area contributed by atoms with Crippen molar-refractivity contribution in [2.45, 2.75) is 64.2 Å². The van der Waals surface area contributed by atoms with E-state index in [-0.39, 0.29) is 35.5 Å². The van der Waals surface area contributed by atoms with Gasteiger partial charge in [-0.2, -0.15) is 0 Å². The summed E-state index contributed by atoms with van der Waals surface area (Å²) in [6.45, 7) is 14.1. The summed E-state index contributed by atoms with van der Waals surface area (Å²) < 4.78 is 26.4. The highest BCUT2D eigenvalue weighted by atomic mass is 35.5. The Balaban J connectivity index is 1.25. The molecule has 1 aromatic heterocycles. The summed E-state index contributed by atoms with van der Waals surface area (Å²) in [5, 5.41) is 3.34. The zero-order valence-electron chi connectivity index (χ0n) is 22.4. The average molecular weight is 558 g/mol. The molecule has 0 atom stereocenters. The third-order valence-electron chi connectivity index (χ3n) is 6.67. The third kappa shape index (κ3) is 7.51. The lowest BCUT2D eigenvalue weighted by Crippen LogP contribution is -2.50. The number of anilines is 1. The lowest BCUT2D eigenvalue weighted by Gasteiger charge is -2.36. The zero-order chi connectivity index (χ0) is 28.2. The van der Waals surface area contributed by atoms with Crippen LogP contribution in [0.15, 0.2) is 30.5 Å². The zero-order valence-corrected chi connectivity index (χ0v) is 23.1. The van der Waals surface area contributed by atoms with Crippen molar-refractivity contribution in [3.63, 3.8) is 0 Å². The Morgan fingerprint density at radius 2 is 1.82 bits per heavy atom. The lowest BCUT2D eigenvalue weighted by molar-refractivity contribution is 0.0240. The molecular formula is C28H33ClFN5O4. The highest BCUT2D eigenvalue weighted by molar-refractivity contribution is 6.33. The molecule has 2 aliphatic rings. The summed E-state index contributed by atoms with van der Waals surface area (Å²) in [5.74, 6) is -0.160. The molecule has 1 aromatic carbocycles. The fourth-order valence-electron chi connectivity index (χ4n) is 4.65. The minimum absolute atomic E-state index is 0.0119. The summed E-state index contributed by atoms with van der Waals surface area (Å²) >= 11 is 6.09. The van der Waals surface area contributed by atoms with Crippen LogP contribution in [0.5, 0.6) is 5.75 Å². The number of aromatic nitrogens is 1. The molecule has 0 bridgehead atoms. The second-order valence-corrected chi connectivity index (χ2v) is 11.2. The van der Waals surface area contributed by atoms with E-state index in [4.69, 9.17) is 27.6 Å². The molecule has 39 heavy (non-hydrogen) atoms. The van der Waals surface area contributed by atoms with E-state index in [0.29, 0.717) is 42.6 Å². The van der Waals surface area contributed by atoms with E-state index in [9.17, 15) is 14.0 Å². The summed E-state index contributed by atoms with van der Waals surface area (Å²) in [5.41, 5.74) is -0.0283. The van der Waals surface area contributed by atoms with Gasteiger partial charge in [0.1, 0.15) is 11.4 Å². The monoisotopic (exact) mass is 557 g/mol. The van der Waals surface area contributed by atoms with Gasteiger partial charge in [-0.05, 0) is 64.7 Å². The van der Waals surface area contributed by atoms with E-state index in [1.165, 1.54) is 12.3 Å². The number of amides is 2. The second-order valence-electron chi connectivity index (χ2n) is 10.8. The maximum Gasteiger partial charge on any atom is 0.410 e. The van der Waals surface area contributed by atoms with Gasteiger partial charge in [-0.1, -0.05) is 17.7 Å². The molecule has 2 heterocycles. The first-order chi connectivity index (χ1) is 18.5. The van der Waals surface area contributed by atoms with Crippen LogP contribution in [-0.4, -0.2) is 65.8 Å². The highest BCUT2D eigenvalue weighted by Crippen LogP contribution is 2.31. The van der Waals surface area contributed by atoms with Gasteiger partial charge in [0.15, 0.2) is 11.6 Å². The Kier molecular flexibility index (Phi) is 8.80. The molecule has 0 unspecified atom stereocenters. The molecule has 1 aliphatic carbocycles. The van der Waals surface area contributed by atoms with Crippen LogP contribution >= 0.6 is 11.6 Å². The van der Waals surface area contributed by atoms with Crippen LogP contribution in [0, 0.1) is 12.4 Å². The number of carbonyl (C=O) groups excluding carboxylic acids is 2. The molecule has 1 saturated heterocycles. The molecule has 1 aliphatic heterocycles. The number of ether oxygens (including phenoxy) is 2. The van der Waals surface area contributed by atoms with Gasteiger partial charge >= 0.3 is 6.09 Å². The molecule has 2 amide bonds. The fraction of sp³-hybridized carbons (Fsp3) is 0.500. The summed E-state index contributed by atoms with van der Waals surface area (Å²) in [4.78, 5) is 36.0. The van der Waals surface area contributed by atoms with E-state index in [1.54, 1.807) is 28.0 Å². The summed E-state index contributed by atoms with van der Waals surface area (Å²) in [6.07, 6.45) is 3.92. The van der Waals surface area contributed by atoms with Gasteiger partial charge in [0.25, 0.3) is 5.91 Å². The van der Waals surface area contributed by atoms with E-state index in [2.05, 4.69) is 15.1 Å². The minimum atomic E-state index is -0.576. The number of piperazine rings is 1. The SMILES string of the molecule is [C-]#[N+]c1ccc(OC2CCC(NC(=O)c3cnc(N4CCN(C(=O)OC(C)(C)C)CC4)c(F)c3)CC2)cc1Cl. The van der Waals surface area contributed by atoms with Gasteiger partial charge in [0.2, 0.25) is 5.69 Å². The van der Waals surface area contributed by atoms with Crippen molar-refractivity contribution < 1.29 is 23.5 Å². The topological polar surface area (TPSA) is 88.4 Å². The predicted octanol–water partition coefficient (Wildman–Crippen LogP) is 5.60. The first-order valence-electron chi connectivity index (χ1n) is 13.1. The molecule has 11 heteroatoms. The number of carbonyl (C=O) groups is 2. The average Bonchev–Trinajstić information content (AvgIpc) is 2.89. The largest absolute Gasteiger partial charge is 0.490 e. The number of rotatable bonds is 5. The van der Waals surface area contributed by atoms with Crippen molar-refractivity contribution in [1.82, 2.24) is 15.2 Å². The van der Waals surface area contributed by atoms with Crippen molar-refractivity contribution in [2.24, 2.45) is 0 Å². The Labute approximate surface area is 233 Å². The van der Waals surface area contributed by atoms with E-state index < -0.39 is 11.4 Å². The van der Waals surface area contributed by atoms with Crippen LogP contribution in [0.4, 0.5) is 20.7 Å². The molecule has 2 aromatic rings. The van der Waals surface area contributed by atoms with Gasteiger partial charge in [-0.15, -0.1) is 0 Å². The third-order valence-corrected chi connectivity index (χ3v) is 6.97. The Bertz CT molecular complexity index is 1250. The van der Waals surface area contributed by atoms with Crippen LogP contribution in [-0.2, 0) is 4.74 Å². The quantitative estimate of drug-likeness (QED) is 0.481. The summed E-state index contributed by atoms with van der Waals surface area (Å²) in [7, 11) is 0. The minimum Gasteiger partial charge on any atom is -0.490 e. The summed E-state index contributed by atoms with van der Waals surface area (Å²) in [6, 6.07) is 6.19. The Morgan fingerprint density at radius 1 is 1.13 bits per heavy atom. The standard InChI is InChI=1S/C28H33ClFN5O4/c1-28(2,3)39-27(37)35-13-11-34(12-14-35)25-23(30)15-18(17-32-25)26(36)33-19-5-7-20(8-6-19)38-21-9-10-24(31-4)22(29)16-21/h9-10,15-17,19-20H,5-8,11-14H2,1-3H3,(H,33,36). The number of nitrogens with one attached hydrogen (secondary N) is 1. The molecule has 0 radical (unpaired) electrons. The molecular weight excluding hydrogens is 525 g/mol. The van der Waals surface area contributed by atoms with Gasteiger partial charge in [-0.25, -0.2) is 19.0 Å². The molecule has 0 spiro atoms. The molecule has 1 saturated carbocycles. The maximum atomic E-state index is 15.0. The van der Waals surface area contributed by atoms with Gasteiger partial charge < -0.3 is 24.6 Å². The number of hydrogen-bond acceptors (Lipinski definition) is 6. The molecule has 1 N–H and O–H groups in total. The molecule has 208 valence electrons. The van der Waals surface area contributed by atoms with Crippen LogP contribution in [0.25, 0.3) is 4.85 Å². The second kappa shape index (κ2) is 12.1. The van der Waals surface area contributed by atoms with Crippen LogP contribution in [0.1, 0.15) is 56.8 Å². The number of halogens is 2. The van der Waals surface area contributed by atoms with Crippen molar-refractivity contribution in [2.75, 3.05) is 31.1 Å². The van der Waals surface area contributed by atoms with E-state index in [0.717, 1.165) is 25.7 Å². The van der Waals surface area contributed by atoms with Gasteiger partial charge in [0.05, 0.1) is 23.3 Å². The van der Waals surface area contributed by atoms with Crippen molar-refractivity contribution in [1.29, 1.82) is 0 Å². The maximum absolute atomic E-state index is 15.0. The fourth-order valence-corrected chi connectivity index (χ4v) is 4.87. The first-order valence-corrected chi connectivity index (χ1v) is 13.4. The number of benzene rings is 1. The highest BCUT2D eigenvalue weighted by Gasteiger charge is 2.28. The predicted molar refractivity (Wildman–Crippen MR) is 146 cm³/mol. The van der Waals surface area contributed by atoms with Crippen molar-refractivity contribution in [3.8, 4) is 5.75 Å². The van der Waals surface area contributed by atoms with Gasteiger partial charge in [0, 0.05) is 38.4 Å². The van der Waals surface area contributed by atoms with E-state index in [1.807, 2.05) is 20.8 Å². The van der Waals surface area contributed by atoms with Gasteiger partial charge in [-0.3, -0.25) is 4.79 Å². The number of nitrogens with zero attached hydrogens (tertiary/aromatic N) is 4. The molecule has 9 nitrogen and oxygen atoms in total. The van der Waals surface area contributed by atoms with Crippen LogP contribution < -0.4 is 15.0 Å². The normalized spacial score (nSPS) is 19.7.